The Morgan fingerprint density at radius 3 is 2.86 bits per heavy atom. The lowest BCUT2D eigenvalue weighted by Crippen LogP contribution is -2.35. The molecule has 3 N–H and O–H groups in total. The molecule has 1 aromatic rings. The molecule has 0 bridgehead atoms. The van der Waals surface area contributed by atoms with Gasteiger partial charge in [0.25, 0.3) is 0 Å². The lowest BCUT2D eigenvalue weighted by molar-refractivity contribution is 0.321. The fraction of sp³-hybridized carbons (Fsp3) is 0.312. The lowest BCUT2D eigenvalue weighted by atomic mass is 10.2. The van der Waals surface area contributed by atoms with Gasteiger partial charge in [0, 0.05) is 19.3 Å². The minimum Gasteiger partial charge on any atom is -0.488 e. The summed E-state index contributed by atoms with van der Waals surface area (Å²) in [7, 11) is 0. The average molecular weight is 286 g/mol. The number of pyridine rings is 1. The van der Waals surface area contributed by atoms with E-state index in [9.17, 15) is 0 Å². The Morgan fingerprint density at radius 2 is 2.10 bits per heavy atom. The second-order valence-electron chi connectivity index (χ2n) is 4.56. The number of hydrogen-bond donors (Lipinski definition) is 3. The van der Waals surface area contributed by atoms with Gasteiger partial charge in [0.15, 0.2) is 11.6 Å². The van der Waals surface area contributed by atoms with E-state index in [0.29, 0.717) is 0 Å². The van der Waals surface area contributed by atoms with Gasteiger partial charge in [-0.1, -0.05) is 18.7 Å². The van der Waals surface area contributed by atoms with Crippen molar-refractivity contribution in [1.29, 1.82) is 0 Å². The summed E-state index contributed by atoms with van der Waals surface area (Å²) in [5.74, 6) is 1.71. The van der Waals surface area contributed by atoms with E-state index in [-0.39, 0.29) is 0 Å². The van der Waals surface area contributed by atoms with E-state index in [1.165, 1.54) is 0 Å². The standard InChI is InChI=1S/C9H14N2.C7H8N2O/c1-3-4-5-9-8(2)10-6-7-11-9;1-2-6-7(8-3-1)9-4-5-10-6/h3-5,10-11H,2,6-7H2,1H3;1-3H,4-5H2,(H,8,9)/b4-3-,9-5+;. The van der Waals surface area contributed by atoms with Crippen molar-refractivity contribution in [1.82, 2.24) is 15.6 Å². The third-order valence-corrected chi connectivity index (χ3v) is 2.98. The van der Waals surface area contributed by atoms with Crippen LogP contribution in [0.4, 0.5) is 5.82 Å². The van der Waals surface area contributed by atoms with Gasteiger partial charge in [-0.05, 0) is 25.1 Å². The number of nitrogens with one attached hydrogen (secondary N) is 3. The summed E-state index contributed by atoms with van der Waals surface area (Å²) in [6, 6.07) is 3.78. The van der Waals surface area contributed by atoms with Gasteiger partial charge in [0.05, 0.1) is 17.9 Å². The zero-order valence-corrected chi connectivity index (χ0v) is 12.4. The molecule has 3 heterocycles. The maximum absolute atomic E-state index is 5.30. The van der Waals surface area contributed by atoms with Crippen LogP contribution in [-0.4, -0.2) is 31.2 Å². The molecule has 2 aliphatic heterocycles. The molecule has 5 heteroatoms. The van der Waals surface area contributed by atoms with Crippen LogP contribution in [0.5, 0.6) is 5.75 Å². The molecular formula is C16H22N4O. The quantitative estimate of drug-likeness (QED) is 0.737. The molecule has 0 aliphatic carbocycles. The third kappa shape index (κ3) is 4.56. The molecule has 0 atom stereocenters. The van der Waals surface area contributed by atoms with Gasteiger partial charge in [0.2, 0.25) is 0 Å². The summed E-state index contributed by atoms with van der Waals surface area (Å²) in [4.78, 5) is 4.08. The molecule has 112 valence electrons. The van der Waals surface area contributed by atoms with Crippen molar-refractivity contribution in [3.8, 4) is 5.75 Å². The molecule has 0 unspecified atom stereocenters. The first-order chi connectivity index (χ1) is 10.3. The van der Waals surface area contributed by atoms with E-state index >= 15 is 0 Å². The molecule has 0 saturated carbocycles. The fourth-order valence-electron chi connectivity index (χ4n) is 1.93. The molecule has 0 radical (unpaired) electrons. The largest absolute Gasteiger partial charge is 0.488 e. The van der Waals surface area contributed by atoms with Crippen LogP contribution in [0.2, 0.25) is 0 Å². The normalized spacial score (nSPS) is 18.5. The van der Waals surface area contributed by atoms with Crippen molar-refractivity contribution >= 4 is 5.82 Å². The number of ether oxygens (including phenoxy) is 1. The highest BCUT2D eigenvalue weighted by Crippen LogP contribution is 2.22. The predicted molar refractivity (Wildman–Crippen MR) is 86.3 cm³/mol. The number of aromatic nitrogens is 1. The van der Waals surface area contributed by atoms with Crippen molar-refractivity contribution in [3.05, 3.63) is 54.5 Å². The molecule has 0 spiro atoms. The van der Waals surface area contributed by atoms with E-state index in [1.807, 2.05) is 37.3 Å². The van der Waals surface area contributed by atoms with Crippen LogP contribution in [-0.2, 0) is 0 Å². The lowest BCUT2D eigenvalue weighted by Gasteiger charge is -2.20. The second kappa shape index (κ2) is 7.99. The van der Waals surface area contributed by atoms with Crippen LogP contribution in [0.3, 0.4) is 0 Å². The number of rotatable bonds is 1. The number of allylic oxidation sites excluding steroid dienone is 3. The van der Waals surface area contributed by atoms with Crippen LogP contribution in [0, 0.1) is 0 Å². The van der Waals surface area contributed by atoms with Crippen LogP contribution in [0.15, 0.2) is 54.5 Å². The Bertz CT molecular complexity index is 512. The number of piperazine rings is 1. The second-order valence-corrected chi connectivity index (χ2v) is 4.56. The molecular weight excluding hydrogens is 264 g/mol. The molecule has 1 aromatic heterocycles. The Balaban J connectivity index is 0.000000154. The molecule has 1 saturated heterocycles. The van der Waals surface area contributed by atoms with Gasteiger partial charge in [-0.15, -0.1) is 0 Å². The highest BCUT2D eigenvalue weighted by atomic mass is 16.5. The van der Waals surface area contributed by atoms with Crippen molar-refractivity contribution < 1.29 is 4.74 Å². The van der Waals surface area contributed by atoms with Gasteiger partial charge in [-0.2, -0.15) is 0 Å². The minimum atomic E-state index is 0.735. The van der Waals surface area contributed by atoms with Crippen molar-refractivity contribution in [3.63, 3.8) is 0 Å². The topological polar surface area (TPSA) is 58.2 Å². The Kier molecular flexibility index (Phi) is 5.70. The maximum Gasteiger partial charge on any atom is 0.168 e. The predicted octanol–water partition coefficient (Wildman–Crippen LogP) is 2.04. The van der Waals surface area contributed by atoms with E-state index < -0.39 is 0 Å². The Morgan fingerprint density at radius 1 is 1.24 bits per heavy atom. The van der Waals surface area contributed by atoms with Crippen LogP contribution >= 0.6 is 0 Å². The summed E-state index contributed by atoms with van der Waals surface area (Å²) >= 11 is 0. The summed E-state index contributed by atoms with van der Waals surface area (Å²) < 4.78 is 5.30. The van der Waals surface area contributed by atoms with Crippen molar-refractivity contribution in [2.24, 2.45) is 0 Å². The van der Waals surface area contributed by atoms with E-state index in [4.69, 9.17) is 4.74 Å². The van der Waals surface area contributed by atoms with E-state index in [2.05, 4.69) is 27.5 Å². The number of nitrogens with zero attached hydrogens (tertiary/aromatic N) is 1. The molecule has 5 nitrogen and oxygen atoms in total. The molecule has 0 aromatic carbocycles. The van der Waals surface area contributed by atoms with Crippen LogP contribution in [0.1, 0.15) is 6.92 Å². The summed E-state index contributed by atoms with van der Waals surface area (Å²) in [5, 5.41) is 9.56. The van der Waals surface area contributed by atoms with Crippen molar-refractivity contribution in [2.75, 3.05) is 31.6 Å². The van der Waals surface area contributed by atoms with Gasteiger partial charge < -0.3 is 20.7 Å². The molecule has 1 fully saturated rings. The molecule has 0 amide bonds. The van der Waals surface area contributed by atoms with Crippen molar-refractivity contribution in [2.45, 2.75) is 6.92 Å². The Hall–Kier alpha value is -2.43. The highest BCUT2D eigenvalue weighted by Gasteiger charge is 2.07. The van der Waals surface area contributed by atoms with Gasteiger partial charge in [0.1, 0.15) is 6.61 Å². The monoisotopic (exact) mass is 286 g/mol. The SMILES string of the molecule is C=C1NCCN/C1=C/C=C\C.c1cnc2c(c1)OCCN2. The number of fused-ring (bicyclic) bond motifs is 1. The smallest absolute Gasteiger partial charge is 0.168 e. The van der Waals surface area contributed by atoms with Gasteiger partial charge in [-0.3, -0.25) is 0 Å². The maximum atomic E-state index is 5.30. The molecule has 21 heavy (non-hydrogen) atoms. The molecule has 2 aliphatic rings. The number of hydrogen-bond acceptors (Lipinski definition) is 5. The Labute approximate surface area is 125 Å². The van der Waals surface area contributed by atoms with Crippen LogP contribution in [0.25, 0.3) is 0 Å². The average Bonchev–Trinajstić information content (AvgIpc) is 2.55. The number of anilines is 1. The van der Waals surface area contributed by atoms with Crippen LogP contribution < -0.4 is 20.7 Å². The zero-order valence-electron chi connectivity index (χ0n) is 12.4. The summed E-state index contributed by atoms with van der Waals surface area (Å²) in [6.07, 6.45) is 7.77. The minimum absolute atomic E-state index is 0.735. The molecule has 3 rings (SSSR count). The zero-order chi connectivity index (χ0) is 14.9. The van der Waals surface area contributed by atoms with E-state index in [1.54, 1.807) is 6.20 Å². The first kappa shape index (κ1) is 15.0. The summed E-state index contributed by atoms with van der Waals surface area (Å²) in [5.41, 5.74) is 2.07. The third-order valence-electron chi connectivity index (χ3n) is 2.98. The summed E-state index contributed by atoms with van der Waals surface area (Å²) in [6.45, 7) is 9.39. The van der Waals surface area contributed by atoms with E-state index in [0.717, 1.165) is 49.2 Å². The van der Waals surface area contributed by atoms with Gasteiger partial charge in [-0.25, -0.2) is 4.98 Å². The first-order valence-corrected chi connectivity index (χ1v) is 7.13. The highest BCUT2D eigenvalue weighted by molar-refractivity contribution is 5.50. The van der Waals surface area contributed by atoms with Gasteiger partial charge >= 0.3 is 0 Å². The fourth-order valence-corrected chi connectivity index (χ4v) is 1.93. The first-order valence-electron chi connectivity index (χ1n) is 7.13.